The second-order valence-corrected chi connectivity index (χ2v) is 8.40. The lowest BCUT2D eigenvalue weighted by Crippen LogP contribution is -2.49. The van der Waals surface area contributed by atoms with Crippen LogP contribution in [-0.2, 0) is 11.2 Å². The predicted molar refractivity (Wildman–Crippen MR) is 127 cm³/mol. The number of fused-ring (bicyclic) bond motifs is 2. The number of aromatic nitrogens is 2. The summed E-state index contributed by atoms with van der Waals surface area (Å²) in [6, 6.07) is 18.8. The smallest absolute Gasteiger partial charge is 0.222 e. The Balaban J connectivity index is 1.15. The van der Waals surface area contributed by atoms with Gasteiger partial charge in [0.25, 0.3) is 0 Å². The predicted octanol–water partition coefficient (Wildman–Crippen LogP) is 4.70. The van der Waals surface area contributed by atoms with Gasteiger partial charge in [0.05, 0.1) is 5.52 Å². The van der Waals surface area contributed by atoms with Crippen molar-refractivity contribution in [3.63, 3.8) is 0 Å². The third-order valence-corrected chi connectivity index (χ3v) is 6.38. The van der Waals surface area contributed by atoms with E-state index in [1.54, 1.807) is 0 Å². The molecule has 0 radical (unpaired) electrons. The molecule has 0 aliphatic carbocycles. The topological polar surface area (TPSA) is 52.2 Å². The molecule has 1 aliphatic heterocycles. The van der Waals surface area contributed by atoms with E-state index in [4.69, 9.17) is 4.98 Å². The van der Waals surface area contributed by atoms with E-state index >= 15 is 0 Å². The maximum absolute atomic E-state index is 12.7. The van der Waals surface area contributed by atoms with Gasteiger partial charge < -0.3 is 14.8 Å². The van der Waals surface area contributed by atoms with Gasteiger partial charge in [-0.15, -0.1) is 0 Å². The molecule has 1 N–H and O–H groups in total. The van der Waals surface area contributed by atoms with Crippen LogP contribution in [0.5, 0.6) is 0 Å². The maximum atomic E-state index is 12.7. The number of aromatic amines is 1. The van der Waals surface area contributed by atoms with Crippen LogP contribution in [0.3, 0.4) is 0 Å². The number of pyridine rings is 1. The highest BCUT2D eigenvalue weighted by molar-refractivity contribution is 5.84. The molecule has 1 aliphatic rings. The first-order valence-electron chi connectivity index (χ1n) is 11.1. The van der Waals surface area contributed by atoms with Crippen LogP contribution in [0.1, 0.15) is 24.0 Å². The zero-order valence-corrected chi connectivity index (χ0v) is 18.0. The summed E-state index contributed by atoms with van der Waals surface area (Å²) in [6.45, 7) is 5.33. The second kappa shape index (κ2) is 8.42. The number of amides is 1. The van der Waals surface area contributed by atoms with Gasteiger partial charge in [-0.2, -0.15) is 0 Å². The monoisotopic (exact) mass is 412 g/mol. The average Bonchev–Trinajstić information content (AvgIpc) is 3.22. The number of aryl methyl sites for hydroxylation is 2. The highest BCUT2D eigenvalue weighted by Crippen LogP contribution is 2.24. The average molecular weight is 413 g/mol. The molecule has 4 aromatic rings. The van der Waals surface area contributed by atoms with Crippen LogP contribution in [0.4, 0.5) is 5.82 Å². The summed E-state index contributed by atoms with van der Waals surface area (Å²) in [6.07, 6.45) is 4.49. The largest absolute Gasteiger partial charge is 0.361 e. The summed E-state index contributed by atoms with van der Waals surface area (Å²) >= 11 is 0. The minimum Gasteiger partial charge on any atom is -0.361 e. The number of rotatable bonds is 5. The zero-order valence-electron chi connectivity index (χ0n) is 18.0. The molecule has 2 aromatic heterocycles. The highest BCUT2D eigenvalue weighted by Gasteiger charge is 2.22. The van der Waals surface area contributed by atoms with Crippen molar-refractivity contribution in [1.29, 1.82) is 0 Å². The minimum absolute atomic E-state index is 0.266. The lowest BCUT2D eigenvalue weighted by Gasteiger charge is -2.35. The summed E-state index contributed by atoms with van der Waals surface area (Å²) in [5.41, 5.74) is 4.74. The summed E-state index contributed by atoms with van der Waals surface area (Å²) in [5.74, 6) is 1.28. The number of carbonyl (C=O) groups excluding carboxylic acids is 1. The van der Waals surface area contributed by atoms with Crippen LogP contribution in [0.25, 0.3) is 21.8 Å². The molecule has 1 saturated heterocycles. The van der Waals surface area contributed by atoms with E-state index in [0.717, 1.165) is 55.9 Å². The fourth-order valence-corrected chi connectivity index (χ4v) is 4.61. The molecule has 31 heavy (non-hydrogen) atoms. The Labute approximate surface area is 182 Å². The lowest BCUT2D eigenvalue weighted by atomic mass is 10.1. The van der Waals surface area contributed by atoms with Crippen LogP contribution in [0.2, 0.25) is 0 Å². The van der Waals surface area contributed by atoms with Gasteiger partial charge >= 0.3 is 0 Å². The van der Waals surface area contributed by atoms with Gasteiger partial charge in [0.15, 0.2) is 0 Å². The normalized spacial score (nSPS) is 14.5. The Morgan fingerprint density at radius 1 is 1.00 bits per heavy atom. The van der Waals surface area contributed by atoms with Gasteiger partial charge in [0.2, 0.25) is 5.91 Å². The first kappa shape index (κ1) is 19.6. The van der Waals surface area contributed by atoms with Crippen molar-refractivity contribution < 1.29 is 4.79 Å². The Morgan fingerprint density at radius 2 is 1.74 bits per heavy atom. The van der Waals surface area contributed by atoms with Crippen molar-refractivity contribution in [3.8, 4) is 0 Å². The third kappa shape index (κ3) is 4.00. The van der Waals surface area contributed by atoms with Crippen molar-refractivity contribution in [2.24, 2.45) is 0 Å². The van der Waals surface area contributed by atoms with Gasteiger partial charge in [-0.1, -0.05) is 36.4 Å². The van der Waals surface area contributed by atoms with Crippen LogP contribution < -0.4 is 4.90 Å². The molecule has 1 amide bonds. The van der Waals surface area contributed by atoms with E-state index in [0.29, 0.717) is 6.42 Å². The first-order valence-corrected chi connectivity index (χ1v) is 11.1. The number of carbonyl (C=O) groups is 1. The molecule has 0 bridgehead atoms. The molecule has 5 nitrogen and oxygen atoms in total. The highest BCUT2D eigenvalue weighted by atomic mass is 16.2. The number of H-pyrrole nitrogens is 1. The summed E-state index contributed by atoms with van der Waals surface area (Å²) in [4.78, 5) is 25.2. The van der Waals surface area contributed by atoms with Crippen molar-refractivity contribution in [2.75, 3.05) is 31.1 Å². The number of para-hydroxylation sites is 2. The second-order valence-electron chi connectivity index (χ2n) is 8.40. The molecule has 158 valence electrons. The Morgan fingerprint density at radius 3 is 2.58 bits per heavy atom. The number of hydrogen-bond acceptors (Lipinski definition) is 3. The van der Waals surface area contributed by atoms with E-state index in [1.165, 1.54) is 21.9 Å². The number of benzene rings is 2. The van der Waals surface area contributed by atoms with E-state index in [9.17, 15) is 4.79 Å². The van der Waals surface area contributed by atoms with Crippen molar-refractivity contribution >= 4 is 33.5 Å². The number of nitrogens with zero attached hydrogens (tertiary/aromatic N) is 3. The van der Waals surface area contributed by atoms with E-state index in [2.05, 4.69) is 65.5 Å². The summed E-state index contributed by atoms with van der Waals surface area (Å²) < 4.78 is 0. The maximum Gasteiger partial charge on any atom is 0.222 e. The van der Waals surface area contributed by atoms with Crippen molar-refractivity contribution in [1.82, 2.24) is 14.9 Å². The molecule has 5 heteroatoms. The van der Waals surface area contributed by atoms with Crippen LogP contribution in [0, 0.1) is 6.92 Å². The molecule has 0 atom stereocenters. The molecule has 1 fully saturated rings. The summed E-state index contributed by atoms with van der Waals surface area (Å²) in [7, 11) is 0. The zero-order chi connectivity index (χ0) is 21.2. The molecule has 5 rings (SSSR count). The molecule has 0 unspecified atom stereocenters. The molecule has 0 saturated carbocycles. The van der Waals surface area contributed by atoms with Gasteiger partial charge in [0, 0.05) is 55.1 Å². The molecule has 0 spiro atoms. The minimum atomic E-state index is 0.266. The Kier molecular flexibility index (Phi) is 5.33. The van der Waals surface area contributed by atoms with E-state index < -0.39 is 0 Å². The Hall–Kier alpha value is -3.34. The Bertz CT molecular complexity index is 1220. The molecule has 2 aromatic carbocycles. The van der Waals surface area contributed by atoms with Crippen molar-refractivity contribution in [2.45, 2.75) is 26.2 Å². The van der Waals surface area contributed by atoms with Crippen LogP contribution in [-0.4, -0.2) is 47.0 Å². The fraction of sp³-hybridized carbons (Fsp3) is 0.308. The number of hydrogen-bond donors (Lipinski definition) is 1. The quantitative estimate of drug-likeness (QED) is 0.517. The van der Waals surface area contributed by atoms with E-state index in [1.807, 2.05) is 17.0 Å². The van der Waals surface area contributed by atoms with Gasteiger partial charge in [-0.25, -0.2) is 4.98 Å². The SMILES string of the molecule is Cc1cc(N2CCN(C(=O)CCCc3c[nH]c4ccccc34)CC2)nc2ccccc12. The molecular weight excluding hydrogens is 384 g/mol. The van der Waals surface area contributed by atoms with Crippen molar-refractivity contribution in [3.05, 3.63) is 71.9 Å². The van der Waals surface area contributed by atoms with Crippen LogP contribution in [0.15, 0.2) is 60.8 Å². The standard InChI is InChI=1S/C26H28N4O/c1-19-17-25(28-24-11-5-2-8-21(19)24)29-13-15-30(16-14-29)26(31)12-6-7-20-18-27-23-10-4-3-9-22(20)23/h2-5,8-11,17-18,27H,6-7,12-16H2,1H3. The molecular formula is C26H28N4O. The number of nitrogens with one attached hydrogen (secondary N) is 1. The fourth-order valence-electron chi connectivity index (χ4n) is 4.61. The molecule has 3 heterocycles. The van der Waals surface area contributed by atoms with Gasteiger partial charge in [-0.05, 0) is 49.1 Å². The number of piperazine rings is 1. The summed E-state index contributed by atoms with van der Waals surface area (Å²) in [5, 5.41) is 2.47. The number of anilines is 1. The van der Waals surface area contributed by atoms with Gasteiger partial charge in [-0.3, -0.25) is 4.79 Å². The van der Waals surface area contributed by atoms with E-state index in [-0.39, 0.29) is 5.91 Å². The first-order chi connectivity index (χ1) is 15.2. The lowest BCUT2D eigenvalue weighted by molar-refractivity contribution is -0.131. The van der Waals surface area contributed by atoms with Gasteiger partial charge in [0.1, 0.15) is 5.82 Å². The van der Waals surface area contributed by atoms with Crippen LogP contribution >= 0.6 is 0 Å². The third-order valence-electron chi connectivity index (χ3n) is 6.38.